The lowest BCUT2D eigenvalue weighted by Gasteiger charge is -2.32. The van der Waals surface area contributed by atoms with Crippen LogP contribution >= 0.6 is 27.5 Å². The highest BCUT2D eigenvalue weighted by atomic mass is 79.9. The van der Waals surface area contributed by atoms with Crippen LogP contribution in [0.25, 0.3) is 0 Å². The van der Waals surface area contributed by atoms with Crippen LogP contribution in [-0.2, 0) is 0 Å². The molecule has 0 spiro atoms. The second-order valence-electron chi connectivity index (χ2n) is 6.87. The first-order chi connectivity index (χ1) is 13.0. The molecule has 4 rings (SSSR count). The SMILES string of the molecule is CC[C@H](C1CC1)n1cc(Cl)nc(N2CCOc3cc(OC)cc(Br)c32)c1=O. The summed E-state index contributed by atoms with van der Waals surface area (Å²) >= 11 is 9.90. The van der Waals surface area contributed by atoms with Crippen LogP contribution in [0.2, 0.25) is 5.15 Å². The predicted molar refractivity (Wildman–Crippen MR) is 109 cm³/mol. The summed E-state index contributed by atoms with van der Waals surface area (Å²) < 4.78 is 13.7. The van der Waals surface area contributed by atoms with Gasteiger partial charge in [-0.05, 0) is 47.2 Å². The fourth-order valence-corrected chi connectivity index (χ4v) is 4.56. The van der Waals surface area contributed by atoms with Crippen molar-refractivity contribution >= 4 is 39.0 Å². The minimum Gasteiger partial charge on any atom is -0.497 e. The molecular formula is C19H21BrClN3O3. The van der Waals surface area contributed by atoms with Crippen LogP contribution in [0, 0.1) is 5.92 Å². The summed E-state index contributed by atoms with van der Waals surface area (Å²) in [6, 6.07) is 3.83. The van der Waals surface area contributed by atoms with Crippen LogP contribution in [0.4, 0.5) is 11.5 Å². The van der Waals surface area contributed by atoms with Gasteiger partial charge in [-0.15, -0.1) is 0 Å². The van der Waals surface area contributed by atoms with Gasteiger partial charge in [0.05, 0.1) is 19.3 Å². The number of fused-ring (bicyclic) bond motifs is 1. The quantitative estimate of drug-likeness (QED) is 0.663. The van der Waals surface area contributed by atoms with E-state index in [4.69, 9.17) is 21.1 Å². The number of rotatable bonds is 5. The van der Waals surface area contributed by atoms with Crippen LogP contribution in [0.15, 0.2) is 27.6 Å². The first-order valence-electron chi connectivity index (χ1n) is 9.10. The lowest BCUT2D eigenvalue weighted by atomic mass is 10.1. The van der Waals surface area contributed by atoms with E-state index in [1.165, 1.54) is 0 Å². The van der Waals surface area contributed by atoms with E-state index >= 15 is 0 Å². The molecule has 144 valence electrons. The molecule has 1 atom stereocenters. The van der Waals surface area contributed by atoms with E-state index in [1.807, 2.05) is 17.0 Å². The monoisotopic (exact) mass is 453 g/mol. The number of methoxy groups -OCH3 is 1. The summed E-state index contributed by atoms with van der Waals surface area (Å²) in [5.74, 6) is 2.21. The minimum absolute atomic E-state index is 0.117. The third kappa shape index (κ3) is 3.43. The number of aromatic nitrogens is 2. The molecule has 0 radical (unpaired) electrons. The molecule has 8 heteroatoms. The molecule has 1 saturated carbocycles. The topological polar surface area (TPSA) is 56.6 Å². The molecule has 2 heterocycles. The van der Waals surface area contributed by atoms with Gasteiger partial charge in [-0.25, -0.2) is 4.98 Å². The molecule has 0 amide bonds. The smallest absolute Gasteiger partial charge is 0.294 e. The third-order valence-corrected chi connectivity index (χ3v) is 5.95. The molecule has 0 unspecified atom stereocenters. The fourth-order valence-electron chi connectivity index (χ4n) is 3.74. The maximum absolute atomic E-state index is 13.3. The molecule has 1 aliphatic heterocycles. The Morgan fingerprint density at radius 3 is 2.89 bits per heavy atom. The Hall–Kier alpha value is -1.73. The molecule has 1 fully saturated rings. The molecule has 0 N–H and O–H groups in total. The van der Waals surface area contributed by atoms with E-state index in [9.17, 15) is 4.79 Å². The van der Waals surface area contributed by atoms with Gasteiger partial charge in [0.15, 0.2) is 0 Å². The largest absolute Gasteiger partial charge is 0.497 e. The van der Waals surface area contributed by atoms with Crippen molar-refractivity contribution in [3.8, 4) is 11.5 Å². The normalized spacial score (nSPS) is 17.3. The van der Waals surface area contributed by atoms with Crippen molar-refractivity contribution < 1.29 is 9.47 Å². The lowest BCUT2D eigenvalue weighted by Crippen LogP contribution is -2.37. The summed E-state index contributed by atoms with van der Waals surface area (Å²) in [5, 5.41) is 0.321. The Kier molecular flexibility index (Phi) is 5.07. The van der Waals surface area contributed by atoms with Gasteiger partial charge in [-0.2, -0.15) is 0 Å². The Morgan fingerprint density at radius 1 is 1.44 bits per heavy atom. The minimum atomic E-state index is -0.117. The molecule has 0 bridgehead atoms. The zero-order valence-corrected chi connectivity index (χ0v) is 17.6. The number of hydrogen-bond acceptors (Lipinski definition) is 5. The maximum atomic E-state index is 13.3. The van der Waals surface area contributed by atoms with E-state index in [0.29, 0.717) is 41.5 Å². The van der Waals surface area contributed by atoms with E-state index < -0.39 is 0 Å². The van der Waals surface area contributed by atoms with Gasteiger partial charge in [0, 0.05) is 22.8 Å². The van der Waals surface area contributed by atoms with Crippen LogP contribution in [0.1, 0.15) is 32.2 Å². The second kappa shape index (κ2) is 7.36. The highest BCUT2D eigenvalue weighted by Crippen LogP contribution is 2.44. The van der Waals surface area contributed by atoms with Crippen molar-refractivity contribution in [2.24, 2.45) is 5.92 Å². The number of anilines is 2. The van der Waals surface area contributed by atoms with E-state index in [0.717, 1.165) is 29.4 Å². The number of halogens is 2. The molecule has 1 aliphatic carbocycles. The molecule has 2 aliphatic rings. The van der Waals surface area contributed by atoms with Crippen molar-refractivity contribution in [1.82, 2.24) is 9.55 Å². The van der Waals surface area contributed by atoms with E-state index in [-0.39, 0.29) is 11.6 Å². The Labute approximate surface area is 171 Å². The average molecular weight is 455 g/mol. The molecule has 27 heavy (non-hydrogen) atoms. The van der Waals surface area contributed by atoms with Crippen LogP contribution in [-0.4, -0.2) is 29.8 Å². The molecular weight excluding hydrogens is 434 g/mol. The summed E-state index contributed by atoms with van der Waals surface area (Å²) in [6.07, 6.45) is 4.88. The Balaban J connectivity index is 1.84. The highest BCUT2D eigenvalue weighted by Gasteiger charge is 2.34. The van der Waals surface area contributed by atoms with Gasteiger partial charge in [-0.3, -0.25) is 4.79 Å². The Bertz CT molecular complexity index is 929. The van der Waals surface area contributed by atoms with Gasteiger partial charge < -0.3 is 18.9 Å². The molecule has 6 nitrogen and oxygen atoms in total. The summed E-state index contributed by atoms with van der Waals surface area (Å²) in [5.41, 5.74) is 0.647. The first kappa shape index (κ1) is 18.6. The van der Waals surface area contributed by atoms with Crippen molar-refractivity contribution in [2.75, 3.05) is 25.2 Å². The van der Waals surface area contributed by atoms with Gasteiger partial charge in [0.2, 0.25) is 5.82 Å². The number of nitrogens with zero attached hydrogens (tertiary/aromatic N) is 3. The van der Waals surface area contributed by atoms with Crippen molar-refractivity contribution in [2.45, 2.75) is 32.2 Å². The zero-order chi connectivity index (χ0) is 19.1. The predicted octanol–water partition coefficient (Wildman–Crippen LogP) is 4.56. The van der Waals surface area contributed by atoms with E-state index in [2.05, 4.69) is 27.8 Å². The number of benzene rings is 1. The summed E-state index contributed by atoms with van der Waals surface area (Å²) in [4.78, 5) is 19.6. The zero-order valence-electron chi connectivity index (χ0n) is 15.2. The van der Waals surface area contributed by atoms with Gasteiger partial charge in [0.25, 0.3) is 5.56 Å². The Morgan fingerprint density at radius 2 is 2.22 bits per heavy atom. The van der Waals surface area contributed by atoms with Crippen LogP contribution < -0.4 is 19.9 Å². The fraction of sp³-hybridized carbons (Fsp3) is 0.474. The van der Waals surface area contributed by atoms with E-state index in [1.54, 1.807) is 17.9 Å². The molecule has 0 saturated heterocycles. The highest BCUT2D eigenvalue weighted by molar-refractivity contribution is 9.10. The lowest BCUT2D eigenvalue weighted by molar-refractivity contribution is 0.310. The molecule has 1 aromatic heterocycles. The summed E-state index contributed by atoms with van der Waals surface area (Å²) in [6.45, 7) is 3.07. The first-order valence-corrected chi connectivity index (χ1v) is 10.3. The van der Waals surface area contributed by atoms with Gasteiger partial charge in [0.1, 0.15) is 23.3 Å². The average Bonchev–Trinajstić information content (AvgIpc) is 3.49. The van der Waals surface area contributed by atoms with Crippen LogP contribution in [0.5, 0.6) is 11.5 Å². The van der Waals surface area contributed by atoms with Crippen LogP contribution in [0.3, 0.4) is 0 Å². The third-order valence-electron chi connectivity index (χ3n) is 5.16. The maximum Gasteiger partial charge on any atom is 0.294 e. The van der Waals surface area contributed by atoms with Gasteiger partial charge >= 0.3 is 0 Å². The second-order valence-corrected chi connectivity index (χ2v) is 8.11. The van der Waals surface area contributed by atoms with Crippen molar-refractivity contribution in [1.29, 1.82) is 0 Å². The van der Waals surface area contributed by atoms with Gasteiger partial charge in [-0.1, -0.05) is 18.5 Å². The van der Waals surface area contributed by atoms with Crippen molar-refractivity contribution in [3.63, 3.8) is 0 Å². The number of hydrogen-bond donors (Lipinski definition) is 0. The molecule has 2 aromatic rings. The summed E-state index contributed by atoms with van der Waals surface area (Å²) in [7, 11) is 1.61. The standard InChI is InChI=1S/C19H21BrClN3O3/c1-3-14(11-4-5-11)24-10-16(21)22-18(19(24)25)23-6-7-27-15-9-12(26-2)8-13(20)17(15)23/h8-11,14H,3-7H2,1-2H3/t14-/m1/s1. The number of ether oxygens (including phenoxy) is 2. The van der Waals surface area contributed by atoms with Crippen molar-refractivity contribution in [3.05, 3.63) is 38.3 Å². The molecule has 1 aromatic carbocycles.